The van der Waals surface area contributed by atoms with Gasteiger partial charge in [0.1, 0.15) is 28.4 Å². The van der Waals surface area contributed by atoms with Gasteiger partial charge in [-0.3, -0.25) is 9.78 Å². The first-order valence-electron chi connectivity index (χ1n) is 14.1. The van der Waals surface area contributed by atoms with Crippen LogP contribution in [0.25, 0.3) is 22.2 Å². The molecule has 3 N–H and O–H groups in total. The summed E-state index contributed by atoms with van der Waals surface area (Å²) in [6.45, 7) is -1.34. The van der Waals surface area contributed by atoms with E-state index in [1.54, 1.807) is 30.5 Å². The first-order chi connectivity index (χ1) is 21.6. The molecule has 0 spiro atoms. The third-order valence-corrected chi connectivity index (χ3v) is 7.64. The Morgan fingerprint density at radius 3 is 2.48 bits per heavy atom. The van der Waals surface area contributed by atoms with Crippen molar-refractivity contribution >= 4 is 26.8 Å². The summed E-state index contributed by atoms with van der Waals surface area (Å²) in [6.07, 6.45) is -0.448. The number of hydrogen-bond donors (Lipinski definition) is 3. The number of fused-ring (bicyclic) bond motifs is 1. The Hall–Kier alpha value is -4.34. The fraction of sp³-hybridized carbons (Fsp3) is 0.323. The molecule has 2 aromatic carbocycles. The Bertz CT molecular complexity index is 1860. The van der Waals surface area contributed by atoms with Crippen LogP contribution in [0, 0.1) is 5.82 Å². The van der Waals surface area contributed by atoms with Gasteiger partial charge in [0.15, 0.2) is 12.4 Å². The highest BCUT2D eigenvalue weighted by atomic mass is 32.2. The minimum atomic E-state index is -4.75. The summed E-state index contributed by atoms with van der Waals surface area (Å²) in [5.41, 5.74) is -1.39. The summed E-state index contributed by atoms with van der Waals surface area (Å²) in [5, 5.41) is 14.8. The van der Waals surface area contributed by atoms with Gasteiger partial charge >= 0.3 is 6.18 Å². The monoisotopic (exact) mass is 662 g/mol. The van der Waals surface area contributed by atoms with Crippen LogP contribution in [0.2, 0.25) is 0 Å². The number of benzene rings is 2. The van der Waals surface area contributed by atoms with Crippen LogP contribution in [-0.2, 0) is 22.2 Å². The van der Waals surface area contributed by atoms with Gasteiger partial charge in [-0.15, -0.1) is 0 Å². The van der Waals surface area contributed by atoms with E-state index in [0.717, 1.165) is 31.2 Å². The number of aromatic nitrogens is 2. The molecule has 0 unspecified atom stereocenters. The highest BCUT2D eigenvalue weighted by molar-refractivity contribution is 7.88. The highest BCUT2D eigenvalue weighted by Crippen LogP contribution is 2.37. The second-order valence-electron chi connectivity index (χ2n) is 11.2. The molecule has 15 heteroatoms. The van der Waals surface area contributed by atoms with Gasteiger partial charge in [-0.25, -0.2) is 22.5 Å². The average Bonchev–Trinajstić information content (AvgIpc) is 3.81. The lowest BCUT2D eigenvalue weighted by molar-refractivity contribution is -0.153. The molecule has 1 amide bonds. The van der Waals surface area contributed by atoms with Crippen molar-refractivity contribution in [3.05, 3.63) is 83.4 Å². The number of hydrogen-bond acceptors (Lipinski definition) is 8. The lowest BCUT2D eigenvalue weighted by Gasteiger charge is -2.26. The number of pyridine rings is 2. The second kappa shape index (κ2) is 12.8. The number of ether oxygens (including phenoxy) is 2. The van der Waals surface area contributed by atoms with Gasteiger partial charge in [-0.1, -0.05) is 6.07 Å². The minimum absolute atomic E-state index is 0.0418. The number of carbonyl (C=O) groups is 1. The van der Waals surface area contributed by atoms with E-state index in [1.165, 1.54) is 25.1 Å². The van der Waals surface area contributed by atoms with E-state index in [0.29, 0.717) is 16.7 Å². The van der Waals surface area contributed by atoms with Crippen LogP contribution >= 0.6 is 0 Å². The van der Waals surface area contributed by atoms with E-state index in [4.69, 9.17) is 9.47 Å². The molecule has 46 heavy (non-hydrogen) atoms. The van der Waals surface area contributed by atoms with Gasteiger partial charge in [0, 0.05) is 34.8 Å². The van der Waals surface area contributed by atoms with Crippen molar-refractivity contribution in [2.24, 2.45) is 0 Å². The Balaban J connectivity index is 1.49. The predicted octanol–water partition coefficient (Wildman–Crippen LogP) is 4.60. The van der Waals surface area contributed by atoms with E-state index in [9.17, 15) is 35.9 Å². The first-order valence-corrected chi connectivity index (χ1v) is 16.0. The lowest BCUT2D eigenvalue weighted by Crippen LogP contribution is -2.39. The lowest BCUT2D eigenvalue weighted by atomic mass is 9.97. The molecule has 0 bridgehead atoms. The third-order valence-electron chi connectivity index (χ3n) is 6.97. The van der Waals surface area contributed by atoms with E-state index >= 15 is 0 Å². The van der Waals surface area contributed by atoms with Gasteiger partial charge in [-0.05, 0) is 68.3 Å². The number of carbonyl (C=O) groups excluding carboxylic acids is 1. The van der Waals surface area contributed by atoms with E-state index in [1.807, 2.05) is 0 Å². The van der Waals surface area contributed by atoms with Gasteiger partial charge in [0.05, 0.1) is 24.6 Å². The molecule has 4 aromatic rings. The first kappa shape index (κ1) is 33.0. The standard InChI is InChI=1S/C31H30F4N4O6S/c1-30(41,16-37-29(40)20-12-19-4-3-11-36-26(19)24(13-20)45-23-9-10-23)25-14-21(15-38-46(2,42)43)28(44-17-31(33,34)35)27(39-25)18-5-7-22(32)8-6-18/h3-8,11-14,23,38,41H,9-10,15-17H2,1-2H3,(H,37,40)/t30-/m0/s1. The van der Waals surface area contributed by atoms with Crippen LogP contribution in [0.15, 0.2) is 60.8 Å². The van der Waals surface area contributed by atoms with Crippen LogP contribution < -0.4 is 19.5 Å². The van der Waals surface area contributed by atoms with Crippen molar-refractivity contribution in [2.45, 2.75) is 44.2 Å². The molecule has 2 heterocycles. The molecule has 1 atom stereocenters. The number of alkyl halides is 3. The molecular formula is C31H30F4N4O6S. The molecule has 1 aliphatic rings. The second-order valence-corrected chi connectivity index (χ2v) is 13.0. The number of nitrogens with one attached hydrogen (secondary N) is 2. The quantitative estimate of drug-likeness (QED) is 0.187. The fourth-order valence-electron chi connectivity index (χ4n) is 4.51. The van der Waals surface area contributed by atoms with Crippen molar-refractivity contribution < 1.29 is 45.4 Å². The molecule has 244 valence electrons. The summed E-state index contributed by atoms with van der Waals surface area (Å²) < 4.78 is 90.4. The highest BCUT2D eigenvalue weighted by Gasteiger charge is 2.33. The van der Waals surface area contributed by atoms with Crippen LogP contribution in [0.3, 0.4) is 0 Å². The minimum Gasteiger partial charge on any atom is -0.488 e. The zero-order valence-corrected chi connectivity index (χ0v) is 25.5. The van der Waals surface area contributed by atoms with Crippen LogP contribution in [0.5, 0.6) is 11.5 Å². The third kappa shape index (κ3) is 8.47. The van der Waals surface area contributed by atoms with Gasteiger partial charge in [-0.2, -0.15) is 13.2 Å². The number of amides is 1. The topological polar surface area (TPSA) is 140 Å². The molecule has 0 saturated heterocycles. The Morgan fingerprint density at radius 1 is 1.11 bits per heavy atom. The number of aliphatic hydroxyl groups is 1. The van der Waals surface area contributed by atoms with E-state index < -0.39 is 59.0 Å². The molecule has 0 radical (unpaired) electrons. The summed E-state index contributed by atoms with van der Waals surface area (Å²) in [6, 6.07) is 12.5. The van der Waals surface area contributed by atoms with Crippen molar-refractivity contribution in [3.63, 3.8) is 0 Å². The Labute approximate surface area is 261 Å². The number of halogens is 4. The zero-order chi connectivity index (χ0) is 33.3. The van der Waals surface area contributed by atoms with Crippen molar-refractivity contribution in [1.82, 2.24) is 20.0 Å². The van der Waals surface area contributed by atoms with Crippen molar-refractivity contribution in [1.29, 1.82) is 0 Å². The summed E-state index contributed by atoms with van der Waals surface area (Å²) in [7, 11) is -3.82. The molecule has 1 fully saturated rings. The molecule has 1 aliphatic carbocycles. The number of nitrogens with zero attached hydrogens (tertiary/aromatic N) is 2. The van der Waals surface area contributed by atoms with Crippen LogP contribution in [-0.4, -0.2) is 61.1 Å². The van der Waals surface area contributed by atoms with Crippen LogP contribution in [0.1, 0.15) is 41.4 Å². The molecule has 10 nitrogen and oxygen atoms in total. The Kier molecular flexibility index (Phi) is 9.20. The van der Waals surface area contributed by atoms with Crippen molar-refractivity contribution in [3.8, 4) is 22.8 Å². The van der Waals surface area contributed by atoms with Gasteiger partial charge < -0.3 is 19.9 Å². The normalized spacial score (nSPS) is 14.9. The molecule has 2 aromatic heterocycles. The number of sulfonamides is 1. The average molecular weight is 663 g/mol. The molecule has 1 saturated carbocycles. The molecule has 5 rings (SSSR count). The maximum atomic E-state index is 13.7. The SMILES string of the molecule is C[C@](O)(CNC(=O)c1cc(OC2CC2)c2ncccc2c1)c1cc(CNS(C)(=O)=O)c(OCC(F)(F)F)c(-c2ccc(F)cc2)n1. The predicted molar refractivity (Wildman–Crippen MR) is 160 cm³/mol. The summed E-state index contributed by atoms with van der Waals surface area (Å²) in [4.78, 5) is 22.0. The maximum absolute atomic E-state index is 13.7. The molecule has 0 aliphatic heterocycles. The summed E-state index contributed by atoms with van der Waals surface area (Å²) >= 11 is 0. The van der Waals surface area contributed by atoms with Gasteiger partial charge in [0.2, 0.25) is 10.0 Å². The van der Waals surface area contributed by atoms with E-state index in [-0.39, 0.29) is 34.2 Å². The van der Waals surface area contributed by atoms with Crippen molar-refractivity contribution in [2.75, 3.05) is 19.4 Å². The fourth-order valence-corrected chi connectivity index (χ4v) is 4.93. The number of rotatable bonds is 12. The largest absolute Gasteiger partial charge is 0.488 e. The summed E-state index contributed by atoms with van der Waals surface area (Å²) in [5.74, 6) is -1.16. The van der Waals surface area contributed by atoms with Crippen LogP contribution in [0.4, 0.5) is 17.6 Å². The maximum Gasteiger partial charge on any atom is 0.422 e. The smallest absolute Gasteiger partial charge is 0.422 e. The molecular weight excluding hydrogens is 632 g/mol. The Morgan fingerprint density at radius 2 is 1.83 bits per heavy atom. The zero-order valence-electron chi connectivity index (χ0n) is 24.7. The van der Waals surface area contributed by atoms with Gasteiger partial charge in [0.25, 0.3) is 5.91 Å². The van der Waals surface area contributed by atoms with E-state index in [2.05, 4.69) is 20.0 Å².